The largest absolute Gasteiger partial charge is 0.475 e. The molecule has 29 heteroatoms. The summed E-state index contributed by atoms with van der Waals surface area (Å²) in [6.07, 6.45) is -21.5. The fourth-order valence-corrected chi connectivity index (χ4v) is 10.4. The lowest BCUT2D eigenvalue weighted by molar-refractivity contribution is -0.0734. The lowest BCUT2D eigenvalue weighted by Crippen LogP contribution is -2.38. The quantitative estimate of drug-likeness (QED) is 0.0669. The number of aliphatic hydroxyl groups is 6. The average molecular weight is 1030 g/mol. The predicted octanol–water partition coefficient (Wildman–Crippen LogP) is -0.928. The number of aromatic nitrogens is 6. The van der Waals surface area contributed by atoms with Crippen LogP contribution >= 0.6 is 42.6 Å². The lowest BCUT2D eigenvalue weighted by atomic mass is 10.1. The van der Waals surface area contributed by atoms with Gasteiger partial charge >= 0.3 is 24.9 Å². The van der Waals surface area contributed by atoms with E-state index in [-0.39, 0.29) is 47.8 Å². The topological polar surface area (TPSA) is 358 Å². The minimum Gasteiger partial charge on any atom is -0.387 e. The first-order valence-corrected chi connectivity index (χ1v) is 22.8. The molecule has 9 rings (SSSR count). The number of halogens is 3. The number of H-pyrrole nitrogens is 3. The van der Waals surface area contributed by atoms with Gasteiger partial charge in [0.05, 0.1) is 67.6 Å². The molecule has 6 heterocycles. The molecule has 3 fully saturated rings. The summed E-state index contributed by atoms with van der Waals surface area (Å²) in [6.45, 7) is -2.92. The van der Waals surface area contributed by atoms with Crippen LogP contribution in [0.15, 0.2) is 83.4 Å². The number of benzene rings is 3. The van der Waals surface area contributed by atoms with Crippen LogP contribution in [-0.4, -0.2) is 134 Å². The zero-order chi connectivity index (χ0) is 48.7. The van der Waals surface area contributed by atoms with Crippen molar-refractivity contribution < 1.29 is 63.0 Å². The van der Waals surface area contributed by atoms with Crippen molar-refractivity contribution in [1.29, 1.82) is 0 Å². The van der Waals surface area contributed by atoms with Gasteiger partial charge in [-0.15, -0.1) is 0 Å². The molecule has 3 aromatic carbocycles. The lowest BCUT2D eigenvalue weighted by Gasteiger charge is -2.24. The second-order valence-electron chi connectivity index (χ2n) is 15.8. The standard InChI is InChI=1S/C39H36Cl3N6O19P/c40-13-4-1-7-16-22(13)31(55)43-37(58)46(16)34-28(52)25(49)19(65-34)10-62-68(61,63-11-20-26(50)29(53)35(66-20)47-17-8-2-5-14(41)23(17)32(56)44-38(47)59)64-12-21-27(51)30(54)36(67-21)48-18-9-3-6-15(42)24(18)33(57)45-39(48)60/h1-9,19-21,25-30,34-36,49-54H,10-12H2,(H,43,55,58)(H,44,56,59)(H,45,57,60)/t19-,20-,21-,25-,26-,27-,28-,29-,30-,34-,35-,36-/m1/s1. The molecule has 9 N–H and O–H groups in total. The molecule has 3 saturated heterocycles. The number of phosphoric ester groups is 1. The van der Waals surface area contributed by atoms with E-state index in [1.165, 1.54) is 54.6 Å². The number of phosphoric acid groups is 1. The van der Waals surface area contributed by atoms with Crippen molar-refractivity contribution in [3.05, 3.63) is 132 Å². The zero-order valence-corrected chi connectivity index (χ0v) is 37.3. The first-order valence-electron chi connectivity index (χ1n) is 20.2. The number of fused-ring (bicyclic) bond motifs is 3. The number of rotatable bonds is 12. The van der Waals surface area contributed by atoms with E-state index in [9.17, 15) is 64.0 Å². The number of ether oxygens (including phenoxy) is 3. The molecule has 0 saturated carbocycles. The highest BCUT2D eigenvalue weighted by molar-refractivity contribution is 7.48. The number of aromatic amines is 3. The summed E-state index contributed by atoms with van der Waals surface area (Å²) in [7, 11) is -5.19. The van der Waals surface area contributed by atoms with Crippen molar-refractivity contribution in [3.8, 4) is 0 Å². The van der Waals surface area contributed by atoms with Gasteiger partial charge in [-0.2, -0.15) is 0 Å². The SMILES string of the molecule is O=c1[nH]c(=O)n([C@@H]2O[C@H](COP(=O)(OC[C@H]3O[C@@H](n4c(=O)[nH]c(=O)c5c(Cl)cccc54)[C@H](O)[C@@H]3O)OC[C@H]3O[C@@H](n4c(=O)[nH]c(=O)c5c(Cl)cccc54)[C@H](O)[C@@H]3O)[C@@H](O)[C@H]2O)c2cccc(Cl)c12. The fraction of sp³-hybridized carbons (Fsp3) is 0.385. The second kappa shape index (κ2) is 18.4. The molecule has 12 atom stereocenters. The molecule has 0 aliphatic carbocycles. The smallest absolute Gasteiger partial charge is 0.387 e. The minimum atomic E-state index is -5.19. The molecule has 362 valence electrons. The van der Waals surface area contributed by atoms with Crippen LogP contribution in [0.1, 0.15) is 18.7 Å². The Balaban J connectivity index is 0.987. The van der Waals surface area contributed by atoms with Crippen molar-refractivity contribution in [3.63, 3.8) is 0 Å². The Morgan fingerprint density at radius 3 is 1.00 bits per heavy atom. The van der Waals surface area contributed by atoms with Crippen LogP contribution < -0.4 is 33.7 Å². The van der Waals surface area contributed by atoms with E-state index in [4.69, 9.17) is 62.6 Å². The van der Waals surface area contributed by atoms with Crippen LogP contribution in [0.3, 0.4) is 0 Å². The fourth-order valence-electron chi connectivity index (χ4n) is 8.41. The van der Waals surface area contributed by atoms with Gasteiger partial charge in [-0.3, -0.25) is 56.6 Å². The Bertz CT molecular complexity index is 3050. The van der Waals surface area contributed by atoms with E-state index >= 15 is 0 Å². The highest BCUT2D eigenvalue weighted by Gasteiger charge is 2.50. The van der Waals surface area contributed by atoms with Gasteiger partial charge in [-0.25, -0.2) is 18.9 Å². The van der Waals surface area contributed by atoms with Gasteiger partial charge in [0.15, 0.2) is 18.7 Å². The summed E-state index contributed by atoms with van der Waals surface area (Å²) >= 11 is 18.7. The first kappa shape index (κ1) is 48.1. The number of nitrogens with zero attached hydrogens (tertiary/aromatic N) is 3. The van der Waals surface area contributed by atoms with Crippen LogP contribution in [0.2, 0.25) is 15.1 Å². The van der Waals surface area contributed by atoms with Crippen molar-refractivity contribution >= 4 is 75.3 Å². The summed E-state index contributed by atoms with van der Waals surface area (Å²) in [5.41, 5.74) is -6.02. The second-order valence-corrected chi connectivity index (χ2v) is 18.7. The van der Waals surface area contributed by atoms with Crippen molar-refractivity contribution in [2.45, 2.75) is 73.6 Å². The van der Waals surface area contributed by atoms with Crippen LogP contribution in [0.5, 0.6) is 0 Å². The van der Waals surface area contributed by atoms with Crippen LogP contribution in [-0.2, 0) is 32.3 Å². The molecular formula is C39H36Cl3N6O19P. The minimum absolute atomic E-state index is 0.0573. The Labute approximate surface area is 391 Å². The van der Waals surface area contributed by atoms with Crippen molar-refractivity contribution in [2.24, 2.45) is 0 Å². The Kier molecular flexibility index (Phi) is 13.1. The number of aliphatic hydroxyl groups excluding tert-OH is 6. The monoisotopic (exact) mass is 1030 g/mol. The molecule has 0 amide bonds. The first-order chi connectivity index (χ1) is 32.3. The third-order valence-electron chi connectivity index (χ3n) is 11.7. The average Bonchev–Trinajstić information content (AvgIpc) is 3.84. The van der Waals surface area contributed by atoms with E-state index < -0.39 is 135 Å². The van der Waals surface area contributed by atoms with E-state index in [0.29, 0.717) is 0 Å². The predicted molar refractivity (Wildman–Crippen MR) is 235 cm³/mol. The molecule has 0 bridgehead atoms. The van der Waals surface area contributed by atoms with Gasteiger partial charge in [0.25, 0.3) is 16.7 Å². The van der Waals surface area contributed by atoms with Gasteiger partial charge in [-0.1, -0.05) is 53.0 Å². The zero-order valence-electron chi connectivity index (χ0n) is 34.2. The van der Waals surface area contributed by atoms with Gasteiger partial charge in [-0.05, 0) is 36.4 Å². The Hall–Kier alpha value is -4.90. The summed E-state index contributed by atoms with van der Waals surface area (Å²) in [5.74, 6) is 0. The Morgan fingerprint density at radius 1 is 0.471 bits per heavy atom. The molecule has 6 aromatic rings. The molecule has 25 nitrogen and oxygen atoms in total. The van der Waals surface area contributed by atoms with Gasteiger partial charge in [0.1, 0.15) is 54.9 Å². The van der Waals surface area contributed by atoms with Crippen molar-refractivity contribution in [2.75, 3.05) is 19.8 Å². The maximum Gasteiger partial charge on any atom is 0.475 e. The molecule has 3 aromatic heterocycles. The van der Waals surface area contributed by atoms with E-state index in [1.54, 1.807) is 0 Å². The summed E-state index contributed by atoms with van der Waals surface area (Å²) < 4.78 is 51.3. The number of hydrogen-bond acceptors (Lipinski definition) is 19. The molecular weight excluding hydrogens is 994 g/mol. The molecule has 0 spiro atoms. The van der Waals surface area contributed by atoms with Crippen LogP contribution in [0, 0.1) is 0 Å². The van der Waals surface area contributed by atoms with E-state index in [2.05, 4.69) is 15.0 Å². The Morgan fingerprint density at radius 2 is 0.735 bits per heavy atom. The molecule has 3 aliphatic heterocycles. The third-order valence-corrected chi connectivity index (χ3v) is 14.1. The van der Waals surface area contributed by atoms with Gasteiger partial charge < -0.3 is 44.8 Å². The summed E-state index contributed by atoms with van der Waals surface area (Å²) in [4.78, 5) is 83.4. The number of nitrogens with one attached hydrogen (secondary N) is 3. The van der Waals surface area contributed by atoms with E-state index in [0.717, 1.165) is 13.7 Å². The number of hydrogen-bond donors (Lipinski definition) is 9. The third kappa shape index (κ3) is 8.30. The van der Waals surface area contributed by atoms with Gasteiger partial charge in [0.2, 0.25) is 0 Å². The molecule has 0 unspecified atom stereocenters. The highest BCUT2D eigenvalue weighted by atomic mass is 35.5. The molecule has 3 aliphatic rings. The van der Waals surface area contributed by atoms with Crippen LogP contribution in [0.4, 0.5) is 0 Å². The molecule has 0 radical (unpaired) electrons. The maximum absolute atomic E-state index is 14.6. The normalized spacial score (nSPS) is 28.7. The van der Waals surface area contributed by atoms with Crippen LogP contribution in [0.25, 0.3) is 32.7 Å². The van der Waals surface area contributed by atoms with E-state index in [1.807, 2.05) is 0 Å². The summed E-state index contributed by atoms with van der Waals surface area (Å²) in [5, 5.41) is 66.1. The highest BCUT2D eigenvalue weighted by Crippen LogP contribution is 2.52. The van der Waals surface area contributed by atoms with Gasteiger partial charge in [0, 0.05) is 0 Å². The summed E-state index contributed by atoms with van der Waals surface area (Å²) in [6, 6.07) is 12.4. The van der Waals surface area contributed by atoms with Crippen molar-refractivity contribution in [1.82, 2.24) is 28.7 Å². The maximum atomic E-state index is 14.6. The molecule has 68 heavy (non-hydrogen) atoms.